The van der Waals surface area contributed by atoms with Gasteiger partial charge in [-0.25, -0.2) is 4.79 Å². The molecule has 1 atom stereocenters. The van der Waals surface area contributed by atoms with Gasteiger partial charge in [-0.3, -0.25) is 4.79 Å². The van der Waals surface area contributed by atoms with E-state index in [9.17, 15) is 14.7 Å². The maximum atomic E-state index is 11.2. The van der Waals surface area contributed by atoms with Crippen molar-refractivity contribution in [3.8, 4) is 0 Å². The van der Waals surface area contributed by atoms with Crippen molar-refractivity contribution in [3.05, 3.63) is 0 Å². The summed E-state index contributed by atoms with van der Waals surface area (Å²) in [5.41, 5.74) is -2.83. The molecule has 0 aliphatic rings. The van der Waals surface area contributed by atoms with Gasteiger partial charge in [0.25, 0.3) is 0 Å². The molecule has 14 heavy (non-hydrogen) atoms. The molecule has 0 aliphatic heterocycles. The van der Waals surface area contributed by atoms with E-state index in [-0.39, 0.29) is 5.91 Å². The van der Waals surface area contributed by atoms with E-state index in [4.69, 9.17) is 0 Å². The lowest BCUT2D eigenvalue weighted by molar-refractivity contribution is -0.168. The molecule has 0 heterocycles. The predicted octanol–water partition coefficient (Wildman–Crippen LogP) is -0.175. The second-order valence-corrected chi connectivity index (χ2v) is 3.87. The van der Waals surface area contributed by atoms with E-state index in [0.29, 0.717) is 0 Å². The molecular formula is C9H17NO4. The lowest BCUT2D eigenvalue weighted by Crippen LogP contribution is -2.63. The third kappa shape index (κ3) is 2.45. The van der Waals surface area contributed by atoms with Crippen LogP contribution >= 0.6 is 0 Å². The molecule has 0 aliphatic carbocycles. The van der Waals surface area contributed by atoms with Crippen LogP contribution in [0.25, 0.3) is 0 Å². The fraction of sp³-hybridized carbons (Fsp3) is 0.778. The van der Waals surface area contributed by atoms with Gasteiger partial charge in [0.2, 0.25) is 5.91 Å². The van der Waals surface area contributed by atoms with Crippen LogP contribution in [0.3, 0.4) is 0 Å². The Bertz CT molecular complexity index is 245. The number of rotatable bonds is 3. The molecule has 0 unspecified atom stereocenters. The van der Waals surface area contributed by atoms with Crippen molar-refractivity contribution in [2.24, 2.45) is 0 Å². The molecule has 0 rings (SSSR count). The zero-order valence-corrected chi connectivity index (χ0v) is 9.17. The fourth-order valence-corrected chi connectivity index (χ4v) is 1.02. The van der Waals surface area contributed by atoms with E-state index in [2.05, 4.69) is 10.1 Å². The third-order valence-corrected chi connectivity index (χ3v) is 2.29. The van der Waals surface area contributed by atoms with E-state index in [1.165, 1.54) is 21.0 Å². The second kappa shape index (κ2) is 3.96. The molecule has 0 aromatic carbocycles. The first-order valence-electron chi connectivity index (χ1n) is 4.24. The molecule has 0 bridgehead atoms. The Hall–Kier alpha value is -1.10. The standard InChI is InChI=1S/C9H17NO4/c1-6(11)10-8(2,3)9(4,13)7(12)14-5/h13H,1-5H3,(H,10,11)/t9-/m0/s1. The summed E-state index contributed by atoms with van der Waals surface area (Å²) in [5, 5.41) is 12.4. The van der Waals surface area contributed by atoms with Crippen LogP contribution in [0.4, 0.5) is 0 Å². The quantitative estimate of drug-likeness (QED) is 0.624. The highest BCUT2D eigenvalue weighted by Crippen LogP contribution is 2.22. The number of carbonyl (C=O) groups excluding carboxylic acids is 2. The Morgan fingerprint density at radius 2 is 1.71 bits per heavy atom. The Morgan fingerprint density at radius 1 is 1.29 bits per heavy atom. The zero-order valence-electron chi connectivity index (χ0n) is 9.17. The summed E-state index contributed by atoms with van der Waals surface area (Å²) in [4.78, 5) is 22.1. The third-order valence-electron chi connectivity index (χ3n) is 2.29. The second-order valence-electron chi connectivity index (χ2n) is 3.87. The smallest absolute Gasteiger partial charge is 0.340 e. The molecule has 0 fully saturated rings. The number of methoxy groups -OCH3 is 1. The molecular weight excluding hydrogens is 186 g/mol. The number of hydrogen-bond donors (Lipinski definition) is 2. The van der Waals surface area contributed by atoms with Crippen LogP contribution in [0.1, 0.15) is 27.7 Å². The molecule has 0 aromatic rings. The van der Waals surface area contributed by atoms with E-state index < -0.39 is 17.1 Å². The first-order chi connectivity index (χ1) is 6.15. The van der Waals surface area contributed by atoms with Crippen LogP contribution in [0.15, 0.2) is 0 Å². The number of esters is 1. The van der Waals surface area contributed by atoms with Gasteiger partial charge >= 0.3 is 5.97 Å². The molecule has 0 spiro atoms. The Kier molecular flexibility index (Phi) is 3.65. The summed E-state index contributed by atoms with van der Waals surface area (Å²) in [6, 6.07) is 0. The van der Waals surface area contributed by atoms with Crippen LogP contribution in [0, 0.1) is 0 Å². The topological polar surface area (TPSA) is 75.6 Å². The summed E-state index contributed by atoms with van der Waals surface area (Å²) >= 11 is 0. The van der Waals surface area contributed by atoms with Gasteiger partial charge in [-0.15, -0.1) is 0 Å². The predicted molar refractivity (Wildman–Crippen MR) is 50.5 cm³/mol. The molecule has 5 heteroatoms. The van der Waals surface area contributed by atoms with Gasteiger partial charge in [0.15, 0.2) is 5.60 Å². The highest BCUT2D eigenvalue weighted by Gasteiger charge is 2.47. The van der Waals surface area contributed by atoms with Crippen molar-refractivity contribution in [1.29, 1.82) is 0 Å². The van der Waals surface area contributed by atoms with Crippen molar-refractivity contribution in [1.82, 2.24) is 5.32 Å². The van der Waals surface area contributed by atoms with Crippen molar-refractivity contribution in [2.45, 2.75) is 38.8 Å². The Balaban J connectivity index is 4.86. The molecule has 1 amide bonds. The lowest BCUT2D eigenvalue weighted by Gasteiger charge is -2.37. The molecule has 0 saturated heterocycles. The Morgan fingerprint density at radius 3 is 2.00 bits per heavy atom. The largest absolute Gasteiger partial charge is 0.467 e. The summed E-state index contributed by atoms with van der Waals surface area (Å²) in [7, 11) is 1.18. The lowest BCUT2D eigenvalue weighted by atomic mass is 9.84. The maximum Gasteiger partial charge on any atom is 0.340 e. The molecule has 2 N–H and O–H groups in total. The monoisotopic (exact) mass is 203 g/mol. The number of nitrogens with one attached hydrogen (secondary N) is 1. The number of carbonyl (C=O) groups is 2. The van der Waals surface area contributed by atoms with E-state index >= 15 is 0 Å². The first kappa shape index (κ1) is 12.9. The number of ether oxygens (including phenoxy) is 1. The van der Waals surface area contributed by atoms with Gasteiger partial charge in [-0.2, -0.15) is 0 Å². The molecule has 82 valence electrons. The van der Waals surface area contributed by atoms with Crippen molar-refractivity contribution in [3.63, 3.8) is 0 Å². The van der Waals surface area contributed by atoms with Crippen LogP contribution < -0.4 is 5.32 Å². The highest BCUT2D eigenvalue weighted by atomic mass is 16.5. The van der Waals surface area contributed by atoms with Gasteiger partial charge in [-0.05, 0) is 20.8 Å². The van der Waals surface area contributed by atoms with Crippen LogP contribution in [-0.4, -0.2) is 35.2 Å². The molecule has 0 radical (unpaired) electrons. The van der Waals surface area contributed by atoms with Gasteiger partial charge in [0.05, 0.1) is 12.6 Å². The number of amides is 1. The Labute approximate surface area is 83.4 Å². The van der Waals surface area contributed by atoms with Crippen molar-refractivity contribution < 1.29 is 19.4 Å². The summed E-state index contributed by atoms with van der Waals surface area (Å²) in [6.45, 7) is 5.71. The zero-order chi connectivity index (χ0) is 11.6. The average Bonchev–Trinajstić information content (AvgIpc) is 2.00. The number of hydrogen-bond acceptors (Lipinski definition) is 4. The maximum absolute atomic E-state index is 11.2. The minimum absolute atomic E-state index is 0.320. The first-order valence-corrected chi connectivity index (χ1v) is 4.24. The molecule has 0 aromatic heterocycles. The highest BCUT2D eigenvalue weighted by molar-refractivity contribution is 5.82. The van der Waals surface area contributed by atoms with Gasteiger partial charge < -0.3 is 15.2 Å². The van der Waals surface area contributed by atoms with Gasteiger partial charge in [-0.1, -0.05) is 0 Å². The van der Waals surface area contributed by atoms with Gasteiger partial charge in [0, 0.05) is 6.92 Å². The van der Waals surface area contributed by atoms with Gasteiger partial charge in [0.1, 0.15) is 0 Å². The normalized spacial score (nSPS) is 15.6. The molecule has 0 saturated carbocycles. The summed E-state index contributed by atoms with van der Waals surface area (Å²) < 4.78 is 4.44. The minimum Gasteiger partial charge on any atom is -0.467 e. The van der Waals surface area contributed by atoms with E-state index in [1.54, 1.807) is 13.8 Å². The summed E-state index contributed by atoms with van der Waals surface area (Å²) in [6.07, 6.45) is 0. The van der Waals surface area contributed by atoms with Crippen LogP contribution in [0.2, 0.25) is 0 Å². The summed E-state index contributed by atoms with van der Waals surface area (Å²) in [5.74, 6) is -1.10. The van der Waals surface area contributed by atoms with Crippen molar-refractivity contribution in [2.75, 3.05) is 7.11 Å². The van der Waals surface area contributed by atoms with Crippen molar-refractivity contribution >= 4 is 11.9 Å². The fourth-order valence-electron chi connectivity index (χ4n) is 1.02. The van der Waals surface area contributed by atoms with E-state index in [1.807, 2.05) is 0 Å². The SMILES string of the molecule is COC(=O)[C@](C)(O)C(C)(C)NC(C)=O. The van der Waals surface area contributed by atoms with Crippen LogP contribution in [0.5, 0.6) is 0 Å². The average molecular weight is 203 g/mol. The minimum atomic E-state index is -1.76. The van der Waals surface area contributed by atoms with E-state index in [0.717, 1.165) is 0 Å². The number of aliphatic hydroxyl groups is 1. The molecule has 5 nitrogen and oxygen atoms in total. The van der Waals surface area contributed by atoms with Crippen LogP contribution in [-0.2, 0) is 14.3 Å².